The number of fused-ring (bicyclic) bond motifs is 1. The van der Waals surface area contributed by atoms with Crippen molar-refractivity contribution in [3.63, 3.8) is 0 Å². The molecule has 2 aliphatic rings. The Labute approximate surface area is 230 Å². The SMILES string of the molecule is O=C(N[C@H]1CCC[C@H]1Nc1c(C(=O)N2CCOCC2)cc(Br)cc1[N+](=O)[O-])c1cc(=O)[nH]c2c(F)cccc12. The Balaban J connectivity index is 1.44. The quantitative estimate of drug-likeness (QED) is 0.289. The van der Waals surface area contributed by atoms with E-state index in [1.165, 1.54) is 18.2 Å². The van der Waals surface area contributed by atoms with Crippen molar-refractivity contribution in [3.8, 4) is 0 Å². The van der Waals surface area contributed by atoms with E-state index in [1.54, 1.807) is 17.0 Å². The molecule has 2 atom stereocenters. The summed E-state index contributed by atoms with van der Waals surface area (Å²) in [5, 5.41) is 18.4. The number of morpholine rings is 1. The number of para-hydroxylation sites is 1. The van der Waals surface area contributed by atoms with Crippen molar-refractivity contribution < 1.29 is 23.6 Å². The molecule has 11 nitrogen and oxygen atoms in total. The number of nitrogens with zero attached hydrogens (tertiary/aromatic N) is 2. The summed E-state index contributed by atoms with van der Waals surface area (Å²) in [6, 6.07) is 7.29. The fourth-order valence-corrected chi connectivity index (χ4v) is 5.61. The second-order valence-corrected chi connectivity index (χ2v) is 10.4. The normalized spacial score (nSPS) is 19.2. The third kappa shape index (κ3) is 5.50. The minimum Gasteiger partial charge on any atom is -0.378 e. The number of nitrogens with one attached hydrogen (secondary N) is 3. The molecule has 1 aliphatic heterocycles. The van der Waals surface area contributed by atoms with Gasteiger partial charge in [-0.3, -0.25) is 24.5 Å². The molecule has 1 aromatic heterocycles. The number of carbonyl (C=O) groups is 2. The number of nitro benzene ring substituents is 1. The Morgan fingerprint density at radius 3 is 2.62 bits per heavy atom. The van der Waals surface area contributed by atoms with Gasteiger partial charge in [-0.1, -0.05) is 28.1 Å². The monoisotopic (exact) mass is 601 g/mol. The van der Waals surface area contributed by atoms with Gasteiger partial charge in [0.25, 0.3) is 17.5 Å². The molecular formula is C26H25BrFN5O6. The van der Waals surface area contributed by atoms with Crippen LogP contribution in [0.1, 0.15) is 40.0 Å². The highest BCUT2D eigenvalue weighted by Crippen LogP contribution is 2.36. The van der Waals surface area contributed by atoms with Crippen molar-refractivity contribution >= 4 is 50.0 Å². The van der Waals surface area contributed by atoms with E-state index in [4.69, 9.17) is 4.74 Å². The maximum Gasteiger partial charge on any atom is 0.294 e. The van der Waals surface area contributed by atoms with Crippen LogP contribution in [0.3, 0.4) is 0 Å². The number of rotatable bonds is 6. The fraction of sp³-hybridized carbons (Fsp3) is 0.346. The first kappa shape index (κ1) is 26.8. The van der Waals surface area contributed by atoms with E-state index in [0.717, 1.165) is 6.07 Å². The van der Waals surface area contributed by atoms with E-state index in [1.807, 2.05) is 0 Å². The number of anilines is 1. The third-order valence-electron chi connectivity index (χ3n) is 7.04. The maximum absolute atomic E-state index is 14.3. The van der Waals surface area contributed by atoms with Gasteiger partial charge in [-0.15, -0.1) is 0 Å². The van der Waals surface area contributed by atoms with E-state index < -0.39 is 34.3 Å². The lowest BCUT2D eigenvalue weighted by Gasteiger charge is -2.29. The molecule has 204 valence electrons. The van der Waals surface area contributed by atoms with Crippen LogP contribution in [-0.2, 0) is 4.74 Å². The second-order valence-electron chi connectivity index (χ2n) is 9.48. The average molecular weight is 602 g/mol. The van der Waals surface area contributed by atoms with Crippen LogP contribution >= 0.6 is 15.9 Å². The number of nitro groups is 1. The van der Waals surface area contributed by atoms with Crippen LogP contribution in [0.25, 0.3) is 10.9 Å². The smallest absolute Gasteiger partial charge is 0.294 e. The number of aromatic nitrogens is 1. The largest absolute Gasteiger partial charge is 0.378 e. The molecule has 0 spiro atoms. The molecule has 1 saturated carbocycles. The Kier molecular flexibility index (Phi) is 7.62. The molecule has 3 aromatic rings. The molecule has 2 heterocycles. The number of halogens is 2. The van der Waals surface area contributed by atoms with Crippen molar-refractivity contribution in [2.24, 2.45) is 0 Å². The predicted octanol–water partition coefficient (Wildman–Crippen LogP) is 3.57. The van der Waals surface area contributed by atoms with Crippen molar-refractivity contribution in [1.29, 1.82) is 0 Å². The zero-order valence-corrected chi connectivity index (χ0v) is 22.3. The standard InChI is InChI=1S/C26H25BrFN5O6/c27-14-11-17(26(36)32-7-9-39-10-8-32)24(21(12-14)33(37)38)29-19-5-2-6-20(19)30-25(35)16-13-22(34)31-23-15(16)3-1-4-18(23)28/h1,3-4,11-13,19-20,29H,2,5-10H2,(H,30,35)(H,31,34)/t19-,20+/m1/s1. The predicted molar refractivity (Wildman–Crippen MR) is 145 cm³/mol. The zero-order chi connectivity index (χ0) is 27.7. The first-order valence-corrected chi connectivity index (χ1v) is 13.3. The lowest BCUT2D eigenvalue weighted by atomic mass is 10.0. The van der Waals surface area contributed by atoms with Gasteiger partial charge in [0, 0.05) is 47.2 Å². The van der Waals surface area contributed by atoms with Crippen LogP contribution in [0, 0.1) is 15.9 Å². The van der Waals surface area contributed by atoms with Crippen LogP contribution in [0.15, 0.2) is 45.7 Å². The number of aromatic amines is 1. The average Bonchev–Trinajstić information content (AvgIpc) is 3.35. The second kappa shape index (κ2) is 11.1. The summed E-state index contributed by atoms with van der Waals surface area (Å²) in [6.45, 7) is 1.49. The Morgan fingerprint density at radius 2 is 1.87 bits per heavy atom. The molecule has 1 aliphatic carbocycles. The lowest BCUT2D eigenvalue weighted by Crippen LogP contribution is -2.44. The van der Waals surface area contributed by atoms with Gasteiger partial charge in [0.15, 0.2) is 0 Å². The van der Waals surface area contributed by atoms with E-state index in [-0.39, 0.29) is 39.3 Å². The van der Waals surface area contributed by atoms with E-state index in [2.05, 4.69) is 31.5 Å². The number of hydrogen-bond acceptors (Lipinski definition) is 7. The van der Waals surface area contributed by atoms with Crippen LogP contribution < -0.4 is 16.2 Å². The zero-order valence-electron chi connectivity index (χ0n) is 20.7. The van der Waals surface area contributed by atoms with Gasteiger partial charge in [0.2, 0.25) is 5.56 Å². The first-order chi connectivity index (χ1) is 18.7. The van der Waals surface area contributed by atoms with Crippen molar-refractivity contribution in [1.82, 2.24) is 15.2 Å². The number of carbonyl (C=O) groups excluding carboxylic acids is 2. The van der Waals surface area contributed by atoms with Crippen LogP contribution in [0.2, 0.25) is 0 Å². The lowest BCUT2D eigenvalue weighted by molar-refractivity contribution is -0.384. The molecule has 0 radical (unpaired) electrons. The van der Waals surface area contributed by atoms with Crippen molar-refractivity contribution in [2.45, 2.75) is 31.3 Å². The van der Waals surface area contributed by atoms with Gasteiger partial charge >= 0.3 is 0 Å². The van der Waals surface area contributed by atoms with E-state index in [0.29, 0.717) is 50.0 Å². The van der Waals surface area contributed by atoms with Gasteiger partial charge in [0.05, 0.1) is 34.8 Å². The number of pyridine rings is 1. The molecule has 2 aromatic carbocycles. The Bertz CT molecular complexity index is 1520. The van der Waals surface area contributed by atoms with Gasteiger partial charge in [-0.2, -0.15) is 0 Å². The van der Waals surface area contributed by atoms with Crippen molar-refractivity contribution in [2.75, 3.05) is 31.6 Å². The number of ether oxygens (including phenoxy) is 1. The minimum absolute atomic E-state index is 0.0247. The van der Waals surface area contributed by atoms with E-state index in [9.17, 15) is 28.9 Å². The van der Waals surface area contributed by atoms with Crippen LogP contribution in [0.4, 0.5) is 15.8 Å². The molecule has 0 bridgehead atoms. The molecule has 3 N–H and O–H groups in total. The highest BCUT2D eigenvalue weighted by atomic mass is 79.9. The van der Waals surface area contributed by atoms with Gasteiger partial charge in [-0.05, 0) is 31.4 Å². The Morgan fingerprint density at radius 1 is 1.13 bits per heavy atom. The highest BCUT2D eigenvalue weighted by molar-refractivity contribution is 9.10. The number of hydrogen-bond donors (Lipinski definition) is 3. The van der Waals surface area contributed by atoms with Gasteiger partial charge < -0.3 is 25.3 Å². The molecular weight excluding hydrogens is 577 g/mol. The minimum atomic E-state index is -0.653. The molecule has 39 heavy (non-hydrogen) atoms. The van der Waals surface area contributed by atoms with Crippen molar-refractivity contribution in [3.05, 3.63) is 78.3 Å². The molecule has 0 unspecified atom stereocenters. The molecule has 5 rings (SSSR count). The summed E-state index contributed by atoms with van der Waals surface area (Å²) in [7, 11) is 0. The molecule has 1 saturated heterocycles. The summed E-state index contributed by atoms with van der Waals surface area (Å²) in [5.74, 6) is -1.58. The van der Waals surface area contributed by atoms with Crippen LogP contribution in [0.5, 0.6) is 0 Å². The van der Waals surface area contributed by atoms with Gasteiger partial charge in [0.1, 0.15) is 11.5 Å². The Hall–Kier alpha value is -3.84. The summed E-state index contributed by atoms with van der Waals surface area (Å²) >= 11 is 3.28. The third-order valence-corrected chi connectivity index (χ3v) is 7.50. The summed E-state index contributed by atoms with van der Waals surface area (Å²) < 4.78 is 20.0. The molecule has 2 amide bonds. The number of amides is 2. The summed E-state index contributed by atoms with van der Waals surface area (Å²) in [5.41, 5.74) is -0.699. The fourth-order valence-electron chi connectivity index (χ4n) is 5.16. The maximum atomic E-state index is 14.3. The molecule has 2 fully saturated rings. The summed E-state index contributed by atoms with van der Waals surface area (Å²) in [6.07, 6.45) is 1.86. The number of benzene rings is 2. The molecule has 13 heteroatoms. The topological polar surface area (TPSA) is 147 Å². The van der Waals surface area contributed by atoms with E-state index >= 15 is 0 Å². The van der Waals surface area contributed by atoms with Gasteiger partial charge in [-0.25, -0.2) is 4.39 Å². The first-order valence-electron chi connectivity index (χ1n) is 12.5. The number of H-pyrrole nitrogens is 1. The summed E-state index contributed by atoms with van der Waals surface area (Å²) in [4.78, 5) is 54.3. The van der Waals surface area contributed by atoms with Crippen LogP contribution in [-0.4, -0.2) is 65.0 Å². The highest BCUT2D eigenvalue weighted by Gasteiger charge is 2.34.